The Hall–Kier alpha value is -2.27. The zero-order valence-electron chi connectivity index (χ0n) is 13.3. The first-order chi connectivity index (χ1) is 11.2. The highest BCUT2D eigenvalue weighted by Gasteiger charge is 2.31. The fourth-order valence-electron chi connectivity index (χ4n) is 2.73. The number of fused-ring (bicyclic) bond motifs is 1. The summed E-state index contributed by atoms with van der Waals surface area (Å²) in [7, 11) is 1.66. The molecule has 0 saturated heterocycles. The van der Waals surface area contributed by atoms with Gasteiger partial charge in [0.2, 0.25) is 0 Å². The Labute approximate surface area is 135 Å². The van der Waals surface area contributed by atoms with Crippen molar-refractivity contribution < 1.29 is 14.6 Å². The molecule has 0 aromatic heterocycles. The molecule has 1 aliphatic rings. The van der Waals surface area contributed by atoms with Gasteiger partial charge >= 0.3 is 6.03 Å². The first kappa shape index (κ1) is 15.6. The molecule has 0 spiro atoms. The molecule has 0 unspecified atom stereocenters. The van der Waals surface area contributed by atoms with Crippen molar-refractivity contribution in [2.75, 3.05) is 20.3 Å². The number of urea groups is 1. The maximum absolute atomic E-state index is 12.2. The summed E-state index contributed by atoms with van der Waals surface area (Å²) in [6.07, 6.45) is 2.07. The van der Waals surface area contributed by atoms with Crippen LogP contribution in [-0.4, -0.2) is 42.3 Å². The van der Waals surface area contributed by atoms with Crippen LogP contribution in [0, 0.1) is 0 Å². The van der Waals surface area contributed by atoms with Crippen LogP contribution in [0.15, 0.2) is 36.4 Å². The predicted molar refractivity (Wildman–Crippen MR) is 89.5 cm³/mol. The minimum Gasteiger partial charge on any atom is -0.497 e. The molecule has 5 nitrogen and oxygen atoms in total. The lowest BCUT2D eigenvalue weighted by Gasteiger charge is -2.21. The van der Waals surface area contributed by atoms with Crippen LogP contribution >= 0.6 is 0 Å². The lowest BCUT2D eigenvalue weighted by atomic mass is 10.1. The van der Waals surface area contributed by atoms with Crippen LogP contribution in [0.1, 0.15) is 18.4 Å². The van der Waals surface area contributed by atoms with Gasteiger partial charge in [-0.25, -0.2) is 4.79 Å². The lowest BCUT2D eigenvalue weighted by Crippen LogP contribution is -2.42. The summed E-state index contributed by atoms with van der Waals surface area (Å²) in [5.41, 5.74) is 1.05. The molecule has 0 radical (unpaired) electrons. The molecule has 1 saturated carbocycles. The first-order valence-electron chi connectivity index (χ1n) is 7.93. The summed E-state index contributed by atoms with van der Waals surface area (Å²) in [6, 6.07) is 12.3. The number of nitrogens with one attached hydrogen (secondary N) is 1. The maximum Gasteiger partial charge on any atom is 0.317 e. The topological polar surface area (TPSA) is 61.8 Å². The van der Waals surface area contributed by atoms with Crippen LogP contribution in [-0.2, 0) is 6.54 Å². The molecule has 0 heterocycles. The number of hydrogen-bond acceptors (Lipinski definition) is 3. The Balaban J connectivity index is 1.65. The summed E-state index contributed by atoms with van der Waals surface area (Å²) < 4.78 is 5.23. The molecule has 5 heteroatoms. The fraction of sp³-hybridized carbons (Fsp3) is 0.389. The van der Waals surface area contributed by atoms with Crippen molar-refractivity contribution in [2.24, 2.45) is 0 Å². The second kappa shape index (κ2) is 6.87. The van der Waals surface area contributed by atoms with Crippen molar-refractivity contribution >= 4 is 16.8 Å². The van der Waals surface area contributed by atoms with Gasteiger partial charge in [-0.05, 0) is 47.4 Å². The van der Waals surface area contributed by atoms with Crippen LogP contribution < -0.4 is 10.1 Å². The highest BCUT2D eigenvalue weighted by Crippen LogP contribution is 2.26. The number of methoxy groups -OCH3 is 1. The van der Waals surface area contributed by atoms with Crippen LogP contribution in [0.4, 0.5) is 4.79 Å². The molecule has 1 aliphatic carbocycles. The van der Waals surface area contributed by atoms with Gasteiger partial charge < -0.3 is 20.1 Å². The summed E-state index contributed by atoms with van der Waals surface area (Å²) in [5, 5.41) is 14.2. The SMILES string of the molecule is COc1ccc2cc(CNC(=O)N(CCO)C3CC3)ccc2c1. The molecule has 2 N–H and O–H groups in total. The van der Waals surface area contributed by atoms with Crippen LogP contribution in [0.25, 0.3) is 10.8 Å². The Morgan fingerprint density at radius 2 is 2.00 bits per heavy atom. The maximum atomic E-state index is 12.2. The zero-order valence-corrected chi connectivity index (χ0v) is 13.3. The Kier molecular flexibility index (Phi) is 4.67. The second-order valence-corrected chi connectivity index (χ2v) is 5.85. The Morgan fingerprint density at radius 3 is 2.70 bits per heavy atom. The van der Waals surface area contributed by atoms with Gasteiger partial charge in [0.15, 0.2) is 0 Å². The molecular formula is C18H22N2O3. The smallest absolute Gasteiger partial charge is 0.317 e. The molecule has 3 rings (SSSR count). The van der Waals surface area contributed by atoms with Crippen molar-refractivity contribution in [2.45, 2.75) is 25.4 Å². The third-order valence-electron chi connectivity index (χ3n) is 4.14. The molecule has 2 aromatic rings. The number of ether oxygens (including phenoxy) is 1. The number of rotatable bonds is 6. The molecule has 0 atom stereocenters. The number of amides is 2. The van der Waals surface area contributed by atoms with E-state index < -0.39 is 0 Å². The van der Waals surface area contributed by atoms with Crippen molar-refractivity contribution in [1.29, 1.82) is 0 Å². The minimum atomic E-state index is -0.101. The average molecular weight is 314 g/mol. The van der Waals surface area contributed by atoms with E-state index in [1.54, 1.807) is 12.0 Å². The molecule has 2 amide bonds. The summed E-state index contributed by atoms with van der Waals surface area (Å²) in [4.78, 5) is 14.0. The average Bonchev–Trinajstić information content (AvgIpc) is 3.41. The van der Waals surface area contributed by atoms with E-state index in [0.717, 1.165) is 34.9 Å². The number of hydrogen-bond donors (Lipinski definition) is 2. The highest BCUT2D eigenvalue weighted by atomic mass is 16.5. The van der Waals surface area contributed by atoms with Gasteiger partial charge in [0.1, 0.15) is 5.75 Å². The predicted octanol–water partition coefficient (Wildman–Crippen LogP) is 2.51. The normalized spacial score (nSPS) is 13.8. The first-order valence-corrected chi connectivity index (χ1v) is 7.93. The van der Waals surface area contributed by atoms with E-state index in [0.29, 0.717) is 19.1 Å². The molecule has 122 valence electrons. The van der Waals surface area contributed by atoms with Crippen LogP contribution in [0.2, 0.25) is 0 Å². The Bertz CT molecular complexity index is 698. The number of benzene rings is 2. The Morgan fingerprint density at radius 1 is 1.26 bits per heavy atom. The monoisotopic (exact) mass is 314 g/mol. The highest BCUT2D eigenvalue weighted by molar-refractivity contribution is 5.84. The quantitative estimate of drug-likeness (QED) is 0.861. The van der Waals surface area contributed by atoms with Crippen molar-refractivity contribution in [3.8, 4) is 5.75 Å². The van der Waals surface area contributed by atoms with E-state index in [9.17, 15) is 4.79 Å². The lowest BCUT2D eigenvalue weighted by molar-refractivity contribution is 0.173. The van der Waals surface area contributed by atoms with Crippen molar-refractivity contribution in [3.05, 3.63) is 42.0 Å². The van der Waals surface area contributed by atoms with E-state index in [1.807, 2.05) is 30.3 Å². The summed E-state index contributed by atoms with van der Waals surface area (Å²) in [6.45, 7) is 0.880. The number of carbonyl (C=O) groups is 1. The number of aliphatic hydroxyl groups is 1. The van der Waals surface area contributed by atoms with Gasteiger partial charge in [-0.15, -0.1) is 0 Å². The summed E-state index contributed by atoms with van der Waals surface area (Å²) in [5.74, 6) is 0.836. The molecule has 2 aromatic carbocycles. The van der Waals surface area contributed by atoms with Gasteiger partial charge in [-0.2, -0.15) is 0 Å². The van der Waals surface area contributed by atoms with Gasteiger partial charge in [-0.1, -0.05) is 18.2 Å². The van der Waals surface area contributed by atoms with Gasteiger partial charge in [0.25, 0.3) is 0 Å². The number of nitrogens with zero attached hydrogens (tertiary/aromatic N) is 1. The van der Waals surface area contributed by atoms with Crippen LogP contribution in [0.5, 0.6) is 5.75 Å². The summed E-state index contributed by atoms with van der Waals surface area (Å²) >= 11 is 0. The van der Waals surface area contributed by atoms with E-state index in [2.05, 4.69) is 11.4 Å². The van der Waals surface area contributed by atoms with Gasteiger partial charge in [0, 0.05) is 19.1 Å². The van der Waals surface area contributed by atoms with Crippen molar-refractivity contribution in [1.82, 2.24) is 10.2 Å². The molecule has 0 aliphatic heterocycles. The van der Waals surface area contributed by atoms with E-state index in [1.165, 1.54) is 0 Å². The van der Waals surface area contributed by atoms with E-state index >= 15 is 0 Å². The number of aliphatic hydroxyl groups excluding tert-OH is 1. The minimum absolute atomic E-state index is 0.00171. The second-order valence-electron chi connectivity index (χ2n) is 5.85. The molecule has 0 bridgehead atoms. The molecular weight excluding hydrogens is 292 g/mol. The molecule has 23 heavy (non-hydrogen) atoms. The molecule has 1 fully saturated rings. The van der Waals surface area contributed by atoms with Gasteiger partial charge in [0.05, 0.1) is 13.7 Å². The van der Waals surface area contributed by atoms with Gasteiger partial charge in [-0.3, -0.25) is 0 Å². The number of carbonyl (C=O) groups excluding carboxylic acids is 1. The van der Waals surface area contributed by atoms with Crippen molar-refractivity contribution in [3.63, 3.8) is 0 Å². The van der Waals surface area contributed by atoms with E-state index in [-0.39, 0.29) is 12.6 Å². The third kappa shape index (κ3) is 3.74. The largest absolute Gasteiger partial charge is 0.497 e. The van der Waals surface area contributed by atoms with Crippen LogP contribution in [0.3, 0.4) is 0 Å². The fourth-order valence-corrected chi connectivity index (χ4v) is 2.73. The standard InChI is InChI=1S/C18H22N2O3/c1-23-17-7-4-14-10-13(2-3-15(14)11-17)12-19-18(22)20(8-9-21)16-5-6-16/h2-4,7,10-11,16,21H,5-6,8-9,12H2,1H3,(H,19,22). The van der Waals surface area contributed by atoms with E-state index in [4.69, 9.17) is 9.84 Å². The third-order valence-corrected chi connectivity index (χ3v) is 4.14. The zero-order chi connectivity index (χ0) is 16.2.